The molecule has 1 aromatic carbocycles. The molecule has 7 nitrogen and oxygen atoms in total. The van der Waals surface area contributed by atoms with E-state index in [-0.39, 0.29) is 29.4 Å². The van der Waals surface area contributed by atoms with E-state index in [2.05, 4.69) is 10.2 Å². The van der Waals surface area contributed by atoms with Gasteiger partial charge in [0.25, 0.3) is 0 Å². The Morgan fingerprint density at radius 1 is 1.32 bits per heavy atom. The van der Waals surface area contributed by atoms with E-state index >= 15 is 0 Å². The maximum atomic E-state index is 12.6. The van der Waals surface area contributed by atoms with Crippen LogP contribution in [-0.2, 0) is 21.3 Å². The maximum Gasteiger partial charge on any atom is 0.242 e. The van der Waals surface area contributed by atoms with Crippen molar-refractivity contribution in [3.63, 3.8) is 0 Å². The van der Waals surface area contributed by atoms with Gasteiger partial charge in [0.2, 0.25) is 10.0 Å². The summed E-state index contributed by atoms with van der Waals surface area (Å²) >= 11 is 0. The van der Waals surface area contributed by atoms with Gasteiger partial charge in [0.05, 0.1) is 18.0 Å². The van der Waals surface area contributed by atoms with Crippen LogP contribution in [0.1, 0.15) is 25.3 Å². The molecular formula is C19H31IN4O3S. The fourth-order valence-corrected chi connectivity index (χ4v) is 4.86. The molecule has 1 N–H and O–H groups in total. The van der Waals surface area contributed by atoms with Crippen molar-refractivity contribution in [3.8, 4) is 0 Å². The predicted octanol–water partition coefficient (Wildman–Crippen LogP) is 2.13. The minimum Gasteiger partial charge on any atom is -0.381 e. The first-order chi connectivity index (χ1) is 12.9. The van der Waals surface area contributed by atoms with Crippen LogP contribution in [0.25, 0.3) is 0 Å². The van der Waals surface area contributed by atoms with Gasteiger partial charge in [-0.05, 0) is 31.4 Å². The molecule has 1 atom stereocenters. The average molecular weight is 522 g/mol. The highest BCUT2D eigenvalue weighted by atomic mass is 127. The summed E-state index contributed by atoms with van der Waals surface area (Å²) in [7, 11) is -0.395. The second-order valence-corrected chi connectivity index (χ2v) is 9.66. The van der Waals surface area contributed by atoms with Crippen LogP contribution in [0.5, 0.6) is 0 Å². The van der Waals surface area contributed by atoms with Crippen molar-refractivity contribution in [2.75, 3.05) is 46.9 Å². The number of likely N-dealkylation sites (tertiary alicyclic amines) is 1. The van der Waals surface area contributed by atoms with Crippen molar-refractivity contribution in [2.24, 2.45) is 10.4 Å². The zero-order valence-corrected chi connectivity index (χ0v) is 20.0. The Hall–Kier alpha value is -0.910. The minimum absolute atomic E-state index is 0. The highest BCUT2D eigenvalue weighted by molar-refractivity contribution is 14.0. The molecule has 2 heterocycles. The van der Waals surface area contributed by atoms with Gasteiger partial charge in [-0.2, -0.15) is 0 Å². The Labute approximate surface area is 185 Å². The van der Waals surface area contributed by atoms with Crippen molar-refractivity contribution in [1.29, 1.82) is 0 Å². The number of aliphatic imine (C=N–C) groups is 1. The van der Waals surface area contributed by atoms with Gasteiger partial charge in [0.15, 0.2) is 5.96 Å². The summed E-state index contributed by atoms with van der Waals surface area (Å²) in [5.41, 5.74) is 0.960. The number of guanidine groups is 1. The lowest BCUT2D eigenvalue weighted by atomic mass is 9.87. The number of nitrogens with zero attached hydrogens (tertiary/aromatic N) is 3. The molecule has 2 aliphatic heterocycles. The summed E-state index contributed by atoms with van der Waals surface area (Å²) in [5.74, 6) is 0.846. The molecule has 0 bridgehead atoms. The summed E-state index contributed by atoms with van der Waals surface area (Å²) in [5, 5.41) is 3.36. The molecular weight excluding hydrogens is 491 g/mol. The minimum atomic E-state index is -3.49. The molecule has 1 aromatic rings. The normalized spacial score (nSPS) is 22.7. The zero-order valence-electron chi connectivity index (χ0n) is 16.8. The van der Waals surface area contributed by atoms with Crippen molar-refractivity contribution >= 4 is 40.0 Å². The number of hydrogen-bond donors (Lipinski definition) is 1. The van der Waals surface area contributed by atoms with Gasteiger partial charge >= 0.3 is 0 Å². The Bertz CT molecular complexity index is 792. The van der Waals surface area contributed by atoms with Crippen molar-refractivity contribution in [2.45, 2.75) is 31.2 Å². The first-order valence-electron chi connectivity index (χ1n) is 9.49. The summed E-state index contributed by atoms with van der Waals surface area (Å²) < 4.78 is 32.0. The van der Waals surface area contributed by atoms with Gasteiger partial charge in [-0.1, -0.05) is 18.2 Å². The van der Waals surface area contributed by atoms with E-state index in [0.29, 0.717) is 17.0 Å². The maximum absolute atomic E-state index is 12.6. The fourth-order valence-electron chi connectivity index (χ4n) is 3.76. The third-order valence-electron chi connectivity index (χ3n) is 5.39. The summed E-state index contributed by atoms with van der Waals surface area (Å²) in [6, 6.07) is 7.08. The lowest BCUT2D eigenvalue weighted by molar-refractivity contribution is 0.156. The number of rotatable bonds is 5. The topological polar surface area (TPSA) is 74.2 Å². The summed E-state index contributed by atoms with van der Waals surface area (Å²) in [4.78, 5) is 7.36. The highest BCUT2D eigenvalue weighted by Crippen LogP contribution is 2.38. The first kappa shape index (κ1) is 23.4. The van der Waals surface area contributed by atoms with Gasteiger partial charge in [-0.25, -0.2) is 17.7 Å². The monoisotopic (exact) mass is 522 g/mol. The molecule has 0 aromatic heterocycles. The van der Waals surface area contributed by atoms with E-state index in [1.54, 1.807) is 26.2 Å². The van der Waals surface area contributed by atoms with E-state index < -0.39 is 10.0 Å². The molecule has 3 rings (SSSR count). The highest BCUT2D eigenvalue weighted by Gasteiger charge is 2.42. The smallest absolute Gasteiger partial charge is 0.242 e. The molecule has 2 saturated heterocycles. The summed E-state index contributed by atoms with van der Waals surface area (Å²) in [6.45, 7) is 6.71. The molecule has 0 radical (unpaired) electrons. The first-order valence-corrected chi connectivity index (χ1v) is 10.9. The van der Waals surface area contributed by atoms with Crippen LogP contribution in [0.15, 0.2) is 34.2 Å². The van der Waals surface area contributed by atoms with E-state index in [1.807, 2.05) is 19.1 Å². The number of benzene rings is 1. The van der Waals surface area contributed by atoms with Crippen LogP contribution in [0.4, 0.5) is 0 Å². The van der Waals surface area contributed by atoms with Gasteiger partial charge in [0.1, 0.15) is 0 Å². The third-order valence-corrected chi connectivity index (χ3v) is 7.30. The van der Waals surface area contributed by atoms with E-state index in [9.17, 15) is 8.42 Å². The molecule has 0 amide bonds. The Morgan fingerprint density at radius 2 is 2.07 bits per heavy atom. The standard InChI is InChI=1S/C19H30N4O3S.HI/c1-4-20-18(23-11-9-19(14-23)10-12-26-15-19)21-13-16-7-5-6-8-17(16)27(24,25)22(2)3;/h5-8H,4,9-15H2,1-3H3,(H,20,21);1H. The van der Waals surface area contributed by atoms with Gasteiger partial charge in [-0.15, -0.1) is 24.0 Å². The van der Waals surface area contributed by atoms with Crippen LogP contribution in [0.3, 0.4) is 0 Å². The van der Waals surface area contributed by atoms with E-state index in [1.165, 1.54) is 4.31 Å². The average Bonchev–Trinajstić information content (AvgIpc) is 3.29. The van der Waals surface area contributed by atoms with Crippen LogP contribution in [0.2, 0.25) is 0 Å². The largest absolute Gasteiger partial charge is 0.381 e. The third kappa shape index (κ3) is 4.98. The number of halogens is 1. The van der Waals surface area contributed by atoms with Crippen LogP contribution in [0, 0.1) is 5.41 Å². The van der Waals surface area contributed by atoms with Crippen LogP contribution in [-0.4, -0.2) is 70.5 Å². The van der Waals surface area contributed by atoms with Crippen molar-refractivity contribution < 1.29 is 13.2 Å². The Kier molecular flexibility index (Phi) is 8.12. The summed E-state index contributed by atoms with van der Waals surface area (Å²) in [6.07, 6.45) is 2.22. The Balaban J connectivity index is 0.00000280. The molecule has 2 fully saturated rings. The van der Waals surface area contributed by atoms with E-state index in [0.717, 1.165) is 51.6 Å². The molecule has 158 valence electrons. The predicted molar refractivity (Wildman–Crippen MR) is 122 cm³/mol. The second-order valence-electron chi connectivity index (χ2n) is 7.54. The molecule has 1 spiro atoms. The second kappa shape index (κ2) is 9.73. The van der Waals surface area contributed by atoms with Gasteiger partial charge < -0.3 is 15.0 Å². The van der Waals surface area contributed by atoms with Gasteiger partial charge in [0, 0.05) is 45.8 Å². The molecule has 28 heavy (non-hydrogen) atoms. The molecule has 1 unspecified atom stereocenters. The SMILES string of the molecule is CCNC(=NCc1ccccc1S(=O)(=O)N(C)C)N1CCC2(CCOC2)C1.I. The van der Waals surface area contributed by atoms with Crippen LogP contribution < -0.4 is 5.32 Å². The molecule has 9 heteroatoms. The van der Waals surface area contributed by atoms with Crippen molar-refractivity contribution in [1.82, 2.24) is 14.5 Å². The van der Waals surface area contributed by atoms with Crippen LogP contribution >= 0.6 is 24.0 Å². The van der Waals surface area contributed by atoms with E-state index in [4.69, 9.17) is 9.73 Å². The zero-order chi connectivity index (χ0) is 19.5. The van der Waals surface area contributed by atoms with Crippen molar-refractivity contribution in [3.05, 3.63) is 29.8 Å². The lowest BCUT2D eigenvalue weighted by Gasteiger charge is -2.25. The van der Waals surface area contributed by atoms with Gasteiger partial charge in [-0.3, -0.25) is 0 Å². The molecule has 2 aliphatic rings. The Morgan fingerprint density at radius 3 is 2.71 bits per heavy atom. The molecule has 0 aliphatic carbocycles. The lowest BCUT2D eigenvalue weighted by Crippen LogP contribution is -2.41. The quantitative estimate of drug-likeness (QED) is 0.365. The number of nitrogens with one attached hydrogen (secondary N) is 1. The number of sulfonamides is 1. The number of hydrogen-bond acceptors (Lipinski definition) is 4. The fraction of sp³-hybridized carbons (Fsp3) is 0.632. The number of ether oxygens (including phenoxy) is 1. The molecule has 0 saturated carbocycles.